The van der Waals surface area contributed by atoms with Crippen LogP contribution in [0.25, 0.3) is 10.9 Å². The van der Waals surface area contributed by atoms with E-state index in [-0.39, 0.29) is 43.5 Å². The molecule has 7 nitrogen and oxygen atoms in total. The number of esters is 1. The van der Waals surface area contributed by atoms with Crippen LogP contribution in [-0.4, -0.2) is 42.1 Å². The normalized spacial score (nSPS) is 16.5. The van der Waals surface area contributed by atoms with Crippen molar-refractivity contribution in [1.82, 2.24) is 9.97 Å². The maximum Gasteiger partial charge on any atom is 0.339 e. The molecule has 4 rings (SSSR count). The molecular weight excluding hydrogens is 430 g/mol. The van der Waals surface area contributed by atoms with E-state index in [4.69, 9.17) is 4.74 Å². The van der Waals surface area contributed by atoms with Crippen LogP contribution in [0.4, 0.5) is 20.4 Å². The van der Waals surface area contributed by atoms with E-state index < -0.39 is 11.9 Å². The Labute approximate surface area is 189 Å². The van der Waals surface area contributed by atoms with Crippen molar-refractivity contribution in [2.24, 2.45) is 0 Å². The van der Waals surface area contributed by atoms with Crippen molar-refractivity contribution in [3.8, 4) is 0 Å². The minimum absolute atomic E-state index is 0.114. The Balaban J connectivity index is 1.74. The zero-order chi connectivity index (χ0) is 23.8. The lowest BCUT2D eigenvalue weighted by molar-refractivity contribution is -0.0222. The van der Waals surface area contributed by atoms with E-state index in [2.05, 4.69) is 15.3 Å². The molecule has 2 heterocycles. The van der Waals surface area contributed by atoms with Gasteiger partial charge in [0.05, 0.1) is 29.6 Å². The highest BCUT2D eigenvalue weighted by Crippen LogP contribution is 2.31. The number of H-pyrrole nitrogens is 1. The van der Waals surface area contributed by atoms with Crippen LogP contribution in [0.1, 0.15) is 47.3 Å². The van der Waals surface area contributed by atoms with E-state index in [1.165, 1.54) is 7.11 Å². The van der Waals surface area contributed by atoms with Crippen molar-refractivity contribution in [3.63, 3.8) is 0 Å². The van der Waals surface area contributed by atoms with Crippen LogP contribution in [0.15, 0.2) is 41.2 Å². The minimum atomic E-state index is -2.69. The highest BCUT2D eigenvalue weighted by atomic mass is 19.3. The number of aromatic amines is 1. The number of para-hydroxylation sites is 1. The van der Waals surface area contributed by atoms with Gasteiger partial charge < -0.3 is 15.0 Å². The number of anilines is 2. The number of ether oxygens (including phenoxy) is 1. The molecule has 1 aliphatic heterocycles. The molecule has 1 aliphatic rings. The zero-order valence-corrected chi connectivity index (χ0v) is 18.7. The Kier molecular flexibility index (Phi) is 6.05. The summed E-state index contributed by atoms with van der Waals surface area (Å²) in [6.07, 6.45) is -0.560. The summed E-state index contributed by atoms with van der Waals surface area (Å²) in [5.74, 6) is -2.87. The maximum atomic E-state index is 13.6. The van der Waals surface area contributed by atoms with Gasteiger partial charge in [0, 0.05) is 37.2 Å². The number of piperidine rings is 1. The number of aromatic nitrogens is 2. The third-order valence-electron chi connectivity index (χ3n) is 5.94. The Hall–Kier alpha value is -3.49. The molecule has 2 N–H and O–H groups in total. The standard InChI is InChI=1S/C24H26F2N4O3/c1-14-12-17(15(2)27-19-7-5-4-6-16(19)22(32)33-3)20-18(13-14)21(31)29-23(28-20)30-10-8-24(25,26)9-11-30/h4-7,12-13,15,27H,8-11H2,1-3H3,(H,28,29,31). The average molecular weight is 456 g/mol. The molecule has 0 radical (unpaired) electrons. The van der Waals surface area contributed by atoms with Crippen molar-refractivity contribution >= 4 is 28.5 Å². The molecule has 0 spiro atoms. The number of nitrogens with one attached hydrogen (secondary N) is 2. The predicted molar refractivity (Wildman–Crippen MR) is 123 cm³/mol. The van der Waals surface area contributed by atoms with Gasteiger partial charge in [-0.25, -0.2) is 18.6 Å². The number of halogens is 2. The van der Waals surface area contributed by atoms with E-state index in [0.717, 1.165) is 11.1 Å². The van der Waals surface area contributed by atoms with Gasteiger partial charge in [-0.3, -0.25) is 9.78 Å². The van der Waals surface area contributed by atoms with Crippen molar-refractivity contribution in [2.45, 2.75) is 38.7 Å². The Morgan fingerprint density at radius 2 is 1.94 bits per heavy atom. The topological polar surface area (TPSA) is 87.3 Å². The summed E-state index contributed by atoms with van der Waals surface area (Å²) in [5.41, 5.74) is 2.80. The van der Waals surface area contributed by atoms with Gasteiger partial charge in [0.15, 0.2) is 0 Å². The fourth-order valence-corrected chi connectivity index (χ4v) is 4.14. The molecule has 0 aliphatic carbocycles. The number of hydrogen-bond acceptors (Lipinski definition) is 6. The van der Waals surface area contributed by atoms with Gasteiger partial charge in [0.25, 0.3) is 11.5 Å². The molecule has 1 saturated heterocycles. The second-order valence-electron chi connectivity index (χ2n) is 8.39. The fourth-order valence-electron chi connectivity index (χ4n) is 4.14. The van der Waals surface area contributed by atoms with Gasteiger partial charge in [-0.1, -0.05) is 18.2 Å². The number of carbonyl (C=O) groups excluding carboxylic acids is 1. The van der Waals surface area contributed by atoms with E-state index in [1.807, 2.05) is 26.0 Å². The van der Waals surface area contributed by atoms with Crippen molar-refractivity contribution < 1.29 is 18.3 Å². The molecule has 33 heavy (non-hydrogen) atoms. The summed E-state index contributed by atoms with van der Waals surface area (Å²) in [4.78, 5) is 34.2. The van der Waals surface area contributed by atoms with Gasteiger partial charge in [-0.15, -0.1) is 0 Å². The number of alkyl halides is 2. The number of benzene rings is 2. The highest BCUT2D eigenvalue weighted by molar-refractivity contribution is 5.95. The molecule has 0 bridgehead atoms. The third kappa shape index (κ3) is 4.67. The number of methoxy groups -OCH3 is 1. The second kappa shape index (κ2) is 8.80. The molecule has 1 unspecified atom stereocenters. The Bertz CT molecular complexity index is 1250. The molecular formula is C24H26F2N4O3. The van der Waals surface area contributed by atoms with Crippen LogP contribution < -0.4 is 15.8 Å². The molecule has 0 amide bonds. The van der Waals surface area contributed by atoms with Crippen LogP contribution >= 0.6 is 0 Å². The van der Waals surface area contributed by atoms with Crippen molar-refractivity contribution in [2.75, 3.05) is 30.4 Å². The fraction of sp³-hybridized carbons (Fsp3) is 0.375. The van der Waals surface area contributed by atoms with Gasteiger partial charge >= 0.3 is 5.97 Å². The van der Waals surface area contributed by atoms with E-state index in [9.17, 15) is 18.4 Å². The average Bonchev–Trinajstić information content (AvgIpc) is 2.78. The highest BCUT2D eigenvalue weighted by Gasteiger charge is 2.35. The van der Waals surface area contributed by atoms with E-state index in [1.54, 1.807) is 29.2 Å². The molecule has 1 aromatic heterocycles. The first-order chi connectivity index (χ1) is 15.7. The molecule has 174 valence electrons. The first-order valence-corrected chi connectivity index (χ1v) is 10.8. The monoisotopic (exact) mass is 456 g/mol. The maximum absolute atomic E-state index is 13.6. The smallest absolute Gasteiger partial charge is 0.339 e. The van der Waals surface area contributed by atoms with Crippen molar-refractivity contribution in [3.05, 3.63) is 63.4 Å². The number of aryl methyl sites for hydroxylation is 1. The minimum Gasteiger partial charge on any atom is -0.465 e. The van der Waals surface area contributed by atoms with Gasteiger partial charge in [-0.2, -0.15) is 0 Å². The lowest BCUT2D eigenvalue weighted by Crippen LogP contribution is -2.40. The van der Waals surface area contributed by atoms with Crippen LogP contribution in [0, 0.1) is 6.92 Å². The van der Waals surface area contributed by atoms with Crippen LogP contribution in [0.5, 0.6) is 0 Å². The first kappa shape index (κ1) is 22.7. The molecule has 1 fully saturated rings. The first-order valence-electron chi connectivity index (χ1n) is 10.8. The summed E-state index contributed by atoms with van der Waals surface area (Å²) in [6.45, 7) is 4.02. The predicted octanol–water partition coefficient (Wildman–Crippen LogP) is 4.43. The molecule has 1 atom stereocenters. The summed E-state index contributed by atoms with van der Waals surface area (Å²) in [7, 11) is 1.32. The number of hydrogen-bond donors (Lipinski definition) is 2. The summed E-state index contributed by atoms with van der Waals surface area (Å²) in [5, 5.41) is 3.75. The van der Waals surface area contributed by atoms with Crippen molar-refractivity contribution in [1.29, 1.82) is 0 Å². The number of fused-ring (bicyclic) bond motifs is 1. The Morgan fingerprint density at radius 1 is 1.24 bits per heavy atom. The van der Waals surface area contributed by atoms with Gasteiger partial charge in [0.1, 0.15) is 0 Å². The molecule has 2 aromatic carbocycles. The van der Waals surface area contributed by atoms with Gasteiger partial charge in [-0.05, 0) is 37.6 Å². The third-order valence-corrected chi connectivity index (χ3v) is 5.94. The van der Waals surface area contributed by atoms with Crippen LogP contribution in [0.2, 0.25) is 0 Å². The van der Waals surface area contributed by atoms with E-state index in [0.29, 0.717) is 22.2 Å². The SMILES string of the molecule is COC(=O)c1ccccc1NC(C)c1cc(C)cc2c(=O)[nH]c(N3CCC(F)(F)CC3)nc12. The lowest BCUT2D eigenvalue weighted by atomic mass is 10.0. The van der Waals surface area contributed by atoms with E-state index >= 15 is 0 Å². The number of nitrogens with zero attached hydrogens (tertiary/aromatic N) is 2. The van der Waals surface area contributed by atoms with Gasteiger partial charge in [0.2, 0.25) is 5.95 Å². The quantitative estimate of drug-likeness (QED) is 0.553. The van der Waals surface area contributed by atoms with Crippen LogP contribution in [0.3, 0.4) is 0 Å². The second-order valence-corrected chi connectivity index (χ2v) is 8.39. The number of rotatable bonds is 5. The lowest BCUT2D eigenvalue weighted by Gasteiger charge is -2.32. The summed E-state index contributed by atoms with van der Waals surface area (Å²) >= 11 is 0. The Morgan fingerprint density at radius 3 is 2.64 bits per heavy atom. The van der Waals surface area contributed by atoms with Crippen LogP contribution in [-0.2, 0) is 4.74 Å². The largest absolute Gasteiger partial charge is 0.465 e. The summed E-state index contributed by atoms with van der Waals surface area (Å²) in [6, 6.07) is 10.4. The zero-order valence-electron chi connectivity index (χ0n) is 18.7. The number of carbonyl (C=O) groups is 1. The molecule has 9 heteroatoms. The summed E-state index contributed by atoms with van der Waals surface area (Å²) < 4.78 is 32.1. The molecule has 0 saturated carbocycles. The molecule has 3 aromatic rings.